The number of hydrogen-bond acceptors (Lipinski definition) is 2. The van der Waals surface area contributed by atoms with Crippen LogP contribution in [0.15, 0.2) is 22.7 Å². The number of amides is 1. The summed E-state index contributed by atoms with van der Waals surface area (Å²) in [7, 11) is 0. The van der Waals surface area contributed by atoms with E-state index in [1.807, 2.05) is 25.1 Å². The monoisotopic (exact) mass is 349 g/mol. The summed E-state index contributed by atoms with van der Waals surface area (Å²) in [6.45, 7) is 4.17. The number of nitrogens with one attached hydrogen (secondary N) is 1. The molecule has 1 aromatic rings. The molecule has 1 saturated carbocycles. The van der Waals surface area contributed by atoms with Crippen LogP contribution >= 0.6 is 15.9 Å². The number of ketones is 1. The van der Waals surface area contributed by atoms with Crippen molar-refractivity contribution in [3.63, 3.8) is 0 Å². The molecule has 1 atom stereocenters. The van der Waals surface area contributed by atoms with Gasteiger partial charge in [-0.3, -0.25) is 9.59 Å². The first kappa shape index (κ1) is 14.8. The van der Waals surface area contributed by atoms with Gasteiger partial charge in [-0.2, -0.15) is 0 Å². The predicted octanol–water partition coefficient (Wildman–Crippen LogP) is 3.49. The maximum atomic E-state index is 13.0. The largest absolute Gasteiger partial charge is 0.343 e. The van der Waals surface area contributed by atoms with Crippen LogP contribution in [-0.4, -0.2) is 17.2 Å². The van der Waals surface area contributed by atoms with Crippen molar-refractivity contribution in [3.8, 4) is 0 Å². The van der Waals surface area contributed by atoms with E-state index < -0.39 is 11.5 Å². The molecular formula is C17H20BrNO2. The van der Waals surface area contributed by atoms with E-state index in [1.54, 1.807) is 0 Å². The molecule has 1 heterocycles. The van der Waals surface area contributed by atoms with Gasteiger partial charge in [0.05, 0.1) is 5.54 Å². The highest BCUT2D eigenvalue weighted by Crippen LogP contribution is 2.41. The van der Waals surface area contributed by atoms with E-state index in [1.165, 1.54) is 0 Å². The van der Waals surface area contributed by atoms with Crippen LogP contribution in [0.2, 0.25) is 0 Å². The molecule has 2 aliphatic rings. The van der Waals surface area contributed by atoms with Gasteiger partial charge in [0.2, 0.25) is 5.91 Å². The van der Waals surface area contributed by atoms with Crippen LogP contribution < -0.4 is 5.32 Å². The maximum absolute atomic E-state index is 13.0. The van der Waals surface area contributed by atoms with Crippen LogP contribution in [0.25, 0.3) is 0 Å². The van der Waals surface area contributed by atoms with Crippen molar-refractivity contribution in [2.24, 2.45) is 5.92 Å². The highest BCUT2D eigenvalue weighted by Gasteiger charge is 2.53. The van der Waals surface area contributed by atoms with E-state index in [4.69, 9.17) is 0 Å². The van der Waals surface area contributed by atoms with Crippen molar-refractivity contribution in [3.05, 3.63) is 33.8 Å². The van der Waals surface area contributed by atoms with Gasteiger partial charge in [0, 0.05) is 4.47 Å². The quantitative estimate of drug-likeness (QED) is 0.788. The molecule has 4 heteroatoms. The number of halogens is 1. The Morgan fingerprint density at radius 3 is 2.57 bits per heavy atom. The second kappa shape index (κ2) is 5.24. The minimum atomic E-state index is -0.643. The van der Waals surface area contributed by atoms with Crippen LogP contribution in [0.4, 0.5) is 0 Å². The first-order chi connectivity index (χ1) is 9.93. The topological polar surface area (TPSA) is 46.2 Å². The van der Waals surface area contributed by atoms with Crippen LogP contribution in [0, 0.1) is 12.8 Å². The maximum Gasteiger partial charge on any atom is 0.235 e. The molecule has 0 aromatic heterocycles. The lowest BCUT2D eigenvalue weighted by atomic mass is 9.73. The number of benzene rings is 1. The minimum Gasteiger partial charge on any atom is -0.343 e. The Balaban J connectivity index is 1.96. The summed E-state index contributed by atoms with van der Waals surface area (Å²) >= 11 is 3.44. The van der Waals surface area contributed by atoms with Crippen LogP contribution in [0.1, 0.15) is 49.7 Å². The Kier molecular flexibility index (Phi) is 3.68. The fraction of sp³-hybridized carbons (Fsp3) is 0.529. The molecule has 1 unspecified atom stereocenters. The number of Topliss-reactive ketones (excluding diaryl/α,β-unsaturated/α-hetero) is 1. The Morgan fingerprint density at radius 1 is 1.24 bits per heavy atom. The molecule has 112 valence electrons. The molecule has 1 aromatic carbocycles. The molecule has 1 aliphatic carbocycles. The molecule has 0 bridgehead atoms. The second-order valence-electron chi connectivity index (χ2n) is 6.55. The Labute approximate surface area is 133 Å². The summed E-state index contributed by atoms with van der Waals surface area (Å²) in [4.78, 5) is 25.4. The highest BCUT2D eigenvalue weighted by atomic mass is 79.9. The molecule has 3 nitrogen and oxygen atoms in total. The number of carbonyl (C=O) groups is 2. The molecule has 1 aliphatic heterocycles. The summed E-state index contributed by atoms with van der Waals surface area (Å²) in [6, 6.07) is 5.80. The average Bonchev–Trinajstić information content (AvgIpc) is 2.68. The summed E-state index contributed by atoms with van der Waals surface area (Å²) in [5, 5.41) is 3.03. The van der Waals surface area contributed by atoms with E-state index in [-0.39, 0.29) is 11.7 Å². The molecule has 1 saturated heterocycles. The molecule has 21 heavy (non-hydrogen) atoms. The van der Waals surface area contributed by atoms with Gasteiger partial charge in [-0.25, -0.2) is 0 Å². The van der Waals surface area contributed by atoms with Crippen molar-refractivity contribution in [1.29, 1.82) is 0 Å². The predicted molar refractivity (Wildman–Crippen MR) is 85.1 cm³/mol. The normalized spacial score (nSPS) is 32.5. The van der Waals surface area contributed by atoms with Crippen molar-refractivity contribution >= 4 is 27.6 Å². The van der Waals surface area contributed by atoms with Gasteiger partial charge < -0.3 is 5.32 Å². The summed E-state index contributed by atoms with van der Waals surface area (Å²) in [5.74, 6) is -0.0563. The lowest BCUT2D eigenvalue weighted by Crippen LogP contribution is -2.49. The zero-order chi connectivity index (χ0) is 15.2. The van der Waals surface area contributed by atoms with E-state index in [0.717, 1.165) is 41.3 Å². The lowest BCUT2D eigenvalue weighted by molar-refractivity contribution is -0.126. The minimum absolute atomic E-state index is 0.0700. The molecule has 3 rings (SSSR count). The van der Waals surface area contributed by atoms with Gasteiger partial charge in [-0.05, 0) is 61.8 Å². The molecule has 1 N–H and O–H groups in total. The number of rotatable bonds is 1. The molecule has 2 fully saturated rings. The fourth-order valence-corrected chi connectivity index (χ4v) is 3.97. The van der Waals surface area contributed by atoms with Crippen molar-refractivity contribution in [1.82, 2.24) is 5.32 Å². The fourth-order valence-electron chi connectivity index (χ4n) is 3.60. The van der Waals surface area contributed by atoms with E-state index >= 15 is 0 Å². The Hall–Kier alpha value is -1.16. The zero-order valence-electron chi connectivity index (χ0n) is 12.4. The van der Waals surface area contributed by atoms with Gasteiger partial charge in [0.1, 0.15) is 5.92 Å². The van der Waals surface area contributed by atoms with Gasteiger partial charge in [-0.15, -0.1) is 0 Å². The third kappa shape index (κ3) is 2.44. The van der Waals surface area contributed by atoms with E-state index in [2.05, 4.69) is 28.2 Å². The van der Waals surface area contributed by atoms with Crippen molar-refractivity contribution in [2.45, 2.75) is 51.0 Å². The SMILES string of the molecule is Cc1ccc(Br)cc1C1C(=O)NC2(CCC(C)CC2)C1=O. The molecular weight excluding hydrogens is 330 g/mol. The number of hydrogen-bond donors (Lipinski definition) is 1. The third-order valence-corrected chi connectivity index (χ3v) is 5.53. The lowest BCUT2D eigenvalue weighted by Gasteiger charge is -2.34. The summed E-state index contributed by atoms with van der Waals surface area (Å²) in [6.07, 6.45) is 3.58. The van der Waals surface area contributed by atoms with Gasteiger partial charge in [0.15, 0.2) is 5.78 Å². The molecule has 1 amide bonds. The zero-order valence-corrected chi connectivity index (χ0v) is 14.0. The first-order valence-corrected chi connectivity index (χ1v) is 8.35. The third-order valence-electron chi connectivity index (χ3n) is 5.04. The van der Waals surface area contributed by atoms with Crippen LogP contribution in [-0.2, 0) is 9.59 Å². The molecule has 1 spiro atoms. The highest BCUT2D eigenvalue weighted by molar-refractivity contribution is 9.10. The second-order valence-corrected chi connectivity index (χ2v) is 7.47. The summed E-state index contributed by atoms with van der Waals surface area (Å²) < 4.78 is 0.905. The van der Waals surface area contributed by atoms with E-state index in [9.17, 15) is 9.59 Å². The first-order valence-electron chi connectivity index (χ1n) is 7.55. The van der Waals surface area contributed by atoms with Crippen molar-refractivity contribution in [2.75, 3.05) is 0 Å². The number of aryl methyl sites for hydroxylation is 1. The summed E-state index contributed by atoms with van der Waals surface area (Å²) in [5.41, 5.74) is 1.22. The molecule has 0 radical (unpaired) electrons. The standard InChI is InChI=1S/C17H20BrNO2/c1-10-5-7-17(8-6-10)15(20)14(16(21)19-17)13-9-12(18)4-3-11(13)2/h3-4,9-10,14H,5-8H2,1-2H3,(H,19,21). The Morgan fingerprint density at radius 2 is 1.90 bits per heavy atom. The smallest absolute Gasteiger partial charge is 0.235 e. The average molecular weight is 350 g/mol. The van der Waals surface area contributed by atoms with Gasteiger partial charge in [-0.1, -0.05) is 28.9 Å². The van der Waals surface area contributed by atoms with Gasteiger partial charge >= 0.3 is 0 Å². The Bertz CT molecular complexity index is 603. The van der Waals surface area contributed by atoms with Crippen molar-refractivity contribution < 1.29 is 9.59 Å². The van der Waals surface area contributed by atoms with Gasteiger partial charge in [0.25, 0.3) is 0 Å². The van der Waals surface area contributed by atoms with E-state index in [0.29, 0.717) is 5.92 Å². The number of carbonyl (C=O) groups excluding carboxylic acids is 2. The van der Waals surface area contributed by atoms with Crippen LogP contribution in [0.3, 0.4) is 0 Å². The van der Waals surface area contributed by atoms with Crippen LogP contribution in [0.5, 0.6) is 0 Å².